The van der Waals surface area contributed by atoms with E-state index in [2.05, 4.69) is 15.0 Å². The lowest BCUT2D eigenvalue weighted by atomic mass is 9.82. The highest BCUT2D eigenvalue weighted by molar-refractivity contribution is 5.73. The molecule has 11 heteroatoms. The van der Waals surface area contributed by atoms with Crippen LogP contribution in [-0.4, -0.2) is 44.9 Å². The quantitative estimate of drug-likeness (QED) is 0.561. The van der Waals surface area contributed by atoms with Gasteiger partial charge in [-0.2, -0.15) is 18.2 Å². The molecule has 4 rings (SSSR count). The van der Waals surface area contributed by atoms with E-state index in [0.717, 1.165) is 11.1 Å². The number of alkyl halides is 3. The molecule has 1 aliphatic carbocycles. The first-order chi connectivity index (χ1) is 15.1. The molecule has 1 saturated carbocycles. The van der Waals surface area contributed by atoms with Crippen molar-refractivity contribution in [3.63, 3.8) is 0 Å². The summed E-state index contributed by atoms with van der Waals surface area (Å²) in [6, 6.07) is 3.43. The zero-order valence-electron chi connectivity index (χ0n) is 17.3. The number of hydrogen-bond donors (Lipinski definition) is 1. The predicted molar refractivity (Wildman–Crippen MR) is 105 cm³/mol. The first-order valence-electron chi connectivity index (χ1n) is 9.93. The van der Waals surface area contributed by atoms with Crippen molar-refractivity contribution in [2.75, 3.05) is 6.61 Å². The molecule has 8 nitrogen and oxygen atoms in total. The normalized spacial score (nSPS) is 18.4. The lowest BCUT2D eigenvalue weighted by Gasteiger charge is -2.33. The van der Waals surface area contributed by atoms with Crippen molar-refractivity contribution in [2.24, 2.45) is 5.92 Å². The number of carboxylic acids is 1. The van der Waals surface area contributed by atoms with Gasteiger partial charge in [-0.25, -0.2) is 9.97 Å². The molecule has 0 saturated heterocycles. The molecule has 0 spiro atoms. The number of ether oxygens (including phenoxy) is 2. The number of rotatable bonds is 7. The molecule has 170 valence electrons. The average molecular weight is 451 g/mol. The number of halogens is 3. The maximum atomic E-state index is 12.3. The van der Waals surface area contributed by atoms with Crippen LogP contribution in [-0.2, 0) is 4.79 Å². The lowest BCUT2D eigenvalue weighted by Crippen LogP contribution is -2.38. The minimum Gasteiger partial charge on any atom is -0.490 e. The van der Waals surface area contributed by atoms with E-state index >= 15 is 0 Å². The maximum Gasteiger partial charge on any atom is 0.392 e. The third-order valence-corrected chi connectivity index (χ3v) is 5.18. The third kappa shape index (κ3) is 4.76. The third-order valence-electron chi connectivity index (χ3n) is 5.18. The van der Waals surface area contributed by atoms with Crippen molar-refractivity contribution < 1.29 is 37.0 Å². The number of aryl methyl sites for hydroxylation is 2. The first kappa shape index (κ1) is 21.8. The molecule has 1 fully saturated rings. The summed E-state index contributed by atoms with van der Waals surface area (Å²) in [4.78, 5) is 23.2. The highest BCUT2D eigenvalue weighted by Gasteiger charge is 2.36. The van der Waals surface area contributed by atoms with Crippen LogP contribution < -0.4 is 9.47 Å². The Kier molecular flexibility index (Phi) is 5.66. The molecule has 1 aromatic carbocycles. The molecule has 0 amide bonds. The molecule has 0 bridgehead atoms. The summed E-state index contributed by atoms with van der Waals surface area (Å²) >= 11 is 0. The summed E-state index contributed by atoms with van der Waals surface area (Å²) < 4.78 is 53.4. The number of hydrogen-bond acceptors (Lipinski definition) is 7. The number of benzene rings is 1. The summed E-state index contributed by atoms with van der Waals surface area (Å²) in [6.45, 7) is 3.15. The van der Waals surface area contributed by atoms with Gasteiger partial charge in [-0.15, -0.1) is 0 Å². The number of aliphatic carboxylic acids is 1. The molecule has 0 atom stereocenters. The van der Waals surface area contributed by atoms with Crippen molar-refractivity contribution in [1.29, 1.82) is 0 Å². The summed E-state index contributed by atoms with van der Waals surface area (Å²) in [5.74, 6) is -0.197. The minimum absolute atomic E-state index is 0.0989. The molecule has 1 N–H and O–H groups in total. The Morgan fingerprint density at radius 1 is 1.22 bits per heavy atom. The van der Waals surface area contributed by atoms with Crippen LogP contribution in [0.2, 0.25) is 0 Å². The monoisotopic (exact) mass is 451 g/mol. The smallest absolute Gasteiger partial charge is 0.392 e. The van der Waals surface area contributed by atoms with Crippen molar-refractivity contribution >= 4 is 17.2 Å². The lowest BCUT2D eigenvalue weighted by molar-refractivity contribution is -0.148. The van der Waals surface area contributed by atoms with E-state index in [1.54, 1.807) is 0 Å². The summed E-state index contributed by atoms with van der Waals surface area (Å²) in [5, 5.41) is 9.01. The highest BCUT2D eigenvalue weighted by Crippen LogP contribution is 2.36. The topological polar surface area (TPSA) is 108 Å². The molecular weight excluding hydrogens is 431 g/mol. The second kappa shape index (κ2) is 8.29. The van der Waals surface area contributed by atoms with Crippen molar-refractivity contribution in [2.45, 2.75) is 45.4 Å². The van der Waals surface area contributed by atoms with Crippen molar-refractivity contribution in [3.05, 3.63) is 29.5 Å². The van der Waals surface area contributed by atoms with Crippen LogP contribution >= 0.6 is 0 Å². The van der Waals surface area contributed by atoms with Crippen LogP contribution in [0.15, 0.2) is 22.7 Å². The van der Waals surface area contributed by atoms with Gasteiger partial charge < -0.3 is 19.0 Å². The van der Waals surface area contributed by atoms with Crippen LogP contribution in [0.4, 0.5) is 13.2 Å². The maximum absolute atomic E-state index is 12.3. The zero-order chi connectivity index (χ0) is 23.0. The molecular formula is C21H20F3N3O5. The summed E-state index contributed by atoms with van der Waals surface area (Å²) in [6.07, 6.45) is -3.28. The zero-order valence-corrected chi connectivity index (χ0v) is 17.3. The second-order valence-electron chi connectivity index (χ2n) is 7.76. The van der Waals surface area contributed by atoms with Gasteiger partial charge in [0.15, 0.2) is 0 Å². The van der Waals surface area contributed by atoms with Gasteiger partial charge in [0.2, 0.25) is 5.89 Å². The van der Waals surface area contributed by atoms with E-state index in [0.29, 0.717) is 29.7 Å². The van der Waals surface area contributed by atoms with Crippen LogP contribution in [0, 0.1) is 19.8 Å². The molecule has 2 heterocycles. The van der Waals surface area contributed by atoms with Gasteiger partial charge >= 0.3 is 18.2 Å². The fourth-order valence-electron chi connectivity index (χ4n) is 3.46. The largest absolute Gasteiger partial charge is 0.490 e. The van der Waals surface area contributed by atoms with Crippen LogP contribution in [0.3, 0.4) is 0 Å². The van der Waals surface area contributed by atoms with E-state index in [9.17, 15) is 18.0 Å². The molecule has 1 aliphatic rings. The average Bonchev–Trinajstić information content (AvgIpc) is 3.08. The number of carbonyl (C=O) groups is 1. The second-order valence-corrected chi connectivity index (χ2v) is 7.76. The van der Waals surface area contributed by atoms with E-state index in [-0.39, 0.29) is 29.6 Å². The molecule has 32 heavy (non-hydrogen) atoms. The fourth-order valence-corrected chi connectivity index (χ4v) is 3.46. The number of fused-ring (bicyclic) bond motifs is 1. The fraction of sp³-hybridized carbons (Fsp3) is 0.429. The Balaban J connectivity index is 1.49. The molecule has 2 aromatic heterocycles. The van der Waals surface area contributed by atoms with Gasteiger partial charge in [0.25, 0.3) is 5.71 Å². The summed E-state index contributed by atoms with van der Waals surface area (Å²) in [7, 11) is 0. The van der Waals surface area contributed by atoms with Crippen LogP contribution in [0.1, 0.15) is 30.4 Å². The summed E-state index contributed by atoms with van der Waals surface area (Å²) in [5.41, 5.74) is 2.78. The number of oxazole rings is 1. The molecule has 0 radical (unpaired) electrons. The molecule has 0 aliphatic heterocycles. The number of carboxylic acid groups (broad SMARTS) is 1. The standard InChI is InChI=1S/C21H20F3N3O5/c1-10-5-12(6-11(2)16(10)31-14-7-13(8-14)19(28)29)17-26-15-9-25-20(27-18(15)32-17)30-4-3-21(22,23)24/h5-6,9,13-14H,3-4,7-8H2,1-2H3,(H,28,29). The van der Waals surface area contributed by atoms with Crippen molar-refractivity contribution in [1.82, 2.24) is 15.0 Å². The first-order valence-corrected chi connectivity index (χ1v) is 9.93. The van der Waals surface area contributed by atoms with E-state index in [1.807, 2.05) is 26.0 Å². The van der Waals surface area contributed by atoms with Gasteiger partial charge in [-0.3, -0.25) is 4.79 Å². The molecule has 0 unspecified atom stereocenters. The Morgan fingerprint density at radius 2 is 1.91 bits per heavy atom. The van der Waals surface area contributed by atoms with Crippen LogP contribution in [0.5, 0.6) is 11.8 Å². The Bertz CT molecular complexity index is 1130. The predicted octanol–water partition coefficient (Wildman–Crippen LogP) is 4.47. The Labute approximate surface area is 180 Å². The van der Waals surface area contributed by atoms with E-state index in [1.165, 1.54) is 6.20 Å². The van der Waals surface area contributed by atoms with E-state index in [4.69, 9.17) is 19.0 Å². The Hall–Kier alpha value is -3.37. The SMILES string of the molecule is Cc1cc(-c2nc3cnc(OCCC(F)(F)F)nc3o2)cc(C)c1OC1CC(C(=O)O)C1. The van der Waals surface area contributed by atoms with Gasteiger partial charge in [0, 0.05) is 5.56 Å². The molecule has 3 aromatic rings. The van der Waals surface area contributed by atoms with Gasteiger partial charge in [0.1, 0.15) is 24.0 Å². The van der Waals surface area contributed by atoms with Crippen molar-refractivity contribution in [3.8, 4) is 23.2 Å². The van der Waals surface area contributed by atoms with E-state index < -0.39 is 25.2 Å². The number of nitrogens with zero attached hydrogens (tertiary/aromatic N) is 3. The highest BCUT2D eigenvalue weighted by atomic mass is 19.4. The Morgan fingerprint density at radius 3 is 2.53 bits per heavy atom. The minimum atomic E-state index is -4.33. The van der Waals surface area contributed by atoms with Gasteiger partial charge in [-0.1, -0.05) is 0 Å². The number of aromatic nitrogens is 3. The van der Waals surface area contributed by atoms with Crippen LogP contribution in [0.25, 0.3) is 22.7 Å². The van der Waals surface area contributed by atoms with Gasteiger partial charge in [-0.05, 0) is 49.9 Å². The van der Waals surface area contributed by atoms with Gasteiger partial charge in [0.05, 0.1) is 18.5 Å².